The molecule has 2 aromatic rings. The van der Waals surface area contributed by atoms with E-state index in [0.717, 1.165) is 6.07 Å². The Morgan fingerprint density at radius 3 is 1.50 bits per heavy atom. The molecule has 0 aromatic heterocycles. The Morgan fingerprint density at radius 2 is 1.07 bits per heavy atom. The summed E-state index contributed by atoms with van der Waals surface area (Å²) in [5.74, 6) is -2.29. The minimum atomic E-state index is -5.72. The maximum absolute atomic E-state index is 12.7. The van der Waals surface area contributed by atoms with Crippen molar-refractivity contribution in [2.75, 3.05) is 0 Å². The van der Waals surface area contributed by atoms with Crippen LogP contribution in [0.3, 0.4) is 0 Å². The third-order valence-electron chi connectivity index (χ3n) is 3.88. The lowest BCUT2D eigenvalue weighted by atomic mass is 9.84. The third kappa shape index (κ3) is 3.05. The van der Waals surface area contributed by atoms with E-state index in [1.165, 1.54) is 18.2 Å². The number of carbonyl (C=O) groups is 2. The summed E-state index contributed by atoms with van der Waals surface area (Å²) >= 11 is 0. The van der Waals surface area contributed by atoms with E-state index in [2.05, 4.69) is 0 Å². The molecule has 1 aliphatic rings. The highest BCUT2D eigenvalue weighted by Gasteiger charge is 2.42. The summed E-state index contributed by atoms with van der Waals surface area (Å²) in [6.45, 7) is 0. The molecule has 28 heavy (non-hydrogen) atoms. The first kappa shape index (κ1) is 20.2. The van der Waals surface area contributed by atoms with Crippen LogP contribution >= 0.6 is 0 Å². The second-order valence-electron chi connectivity index (χ2n) is 5.58. The van der Waals surface area contributed by atoms with Gasteiger partial charge in [-0.1, -0.05) is 24.3 Å². The minimum Gasteiger partial charge on any atom is -0.289 e. The van der Waals surface area contributed by atoms with E-state index in [1.807, 2.05) is 0 Å². The first-order valence-corrected chi connectivity index (χ1v) is 11.3. The largest absolute Gasteiger partial charge is 0.297 e. The smallest absolute Gasteiger partial charge is 0.289 e. The van der Waals surface area contributed by atoms with Crippen LogP contribution in [0, 0.1) is 0 Å². The number of ketones is 2. The van der Waals surface area contributed by atoms with Gasteiger partial charge < -0.3 is 0 Å². The van der Waals surface area contributed by atoms with Crippen LogP contribution in [0.1, 0.15) is 31.8 Å². The summed E-state index contributed by atoms with van der Waals surface area (Å²) in [5.41, 5.74) is -2.63. The second kappa shape index (κ2) is 6.00. The maximum Gasteiger partial charge on any atom is 0.297 e. The van der Waals surface area contributed by atoms with Gasteiger partial charge in [-0.25, -0.2) is 0 Å². The van der Waals surface area contributed by atoms with Crippen LogP contribution in [0.4, 0.5) is 0 Å². The van der Waals surface area contributed by atoms with Crippen molar-refractivity contribution in [3.8, 4) is 0 Å². The highest BCUT2D eigenvalue weighted by molar-refractivity contribution is 7.90. The molecule has 0 saturated heterocycles. The molecule has 0 heterocycles. The zero-order valence-electron chi connectivity index (χ0n) is 13.2. The Kier molecular flexibility index (Phi) is 4.34. The van der Waals surface area contributed by atoms with Gasteiger partial charge in [0.1, 0.15) is 14.7 Å². The summed E-state index contributed by atoms with van der Waals surface area (Å²) < 4.78 is 98.5. The topological polar surface area (TPSA) is 197 Å². The summed E-state index contributed by atoms with van der Waals surface area (Å²) in [6.07, 6.45) is 0. The van der Waals surface area contributed by atoms with E-state index < -0.39 is 67.7 Å². The summed E-state index contributed by atoms with van der Waals surface area (Å²) in [4.78, 5) is 19.9. The van der Waals surface area contributed by atoms with Crippen molar-refractivity contribution in [2.24, 2.45) is 0 Å². The highest BCUT2D eigenvalue weighted by Crippen LogP contribution is 2.38. The lowest BCUT2D eigenvalue weighted by Gasteiger charge is -2.21. The van der Waals surface area contributed by atoms with Crippen molar-refractivity contribution in [1.82, 2.24) is 0 Å². The van der Waals surface area contributed by atoms with Crippen LogP contribution in [0.2, 0.25) is 0 Å². The second-order valence-corrected chi connectivity index (χ2v) is 9.69. The molecule has 0 fully saturated rings. The minimum absolute atomic E-state index is 0.248. The predicted octanol–water partition coefficient (Wildman–Crippen LogP) is 0.202. The van der Waals surface area contributed by atoms with Crippen molar-refractivity contribution < 1.29 is 48.5 Å². The van der Waals surface area contributed by atoms with Gasteiger partial charge in [-0.2, -0.15) is 25.3 Å². The van der Waals surface area contributed by atoms with Gasteiger partial charge in [0.25, 0.3) is 30.4 Å². The fourth-order valence-electron chi connectivity index (χ4n) is 2.86. The van der Waals surface area contributed by atoms with Crippen molar-refractivity contribution >= 4 is 41.9 Å². The Labute approximate surface area is 157 Å². The van der Waals surface area contributed by atoms with E-state index in [4.69, 9.17) is 0 Å². The van der Waals surface area contributed by atoms with Crippen LogP contribution < -0.4 is 0 Å². The Bertz CT molecular complexity index is 1400. The zero-order chi connectivity index (χ0) is 21.2. The van der Waals surface area contributed by atoms with Gasteiger partial charge in [-0.15, -0.1) is 0 Å². The van der Waals surface area contributed by atoms with Crippen LogP contribution in [0.5, 0.6) is 0 Å². The molecule has 148 valence electrons. The molecule has 11 nitrogen and oxygen atoms in total. The van der Waals surface area contributed by atoms with Crippen molar-refractivity contribution in [1.29, 1.82) is 0 Å². The first-order valence-electron chi connectivity index (χ1n) is 6.97. The van der Waals surface area contributed by atoms with Gasteiger partial charge in [0.2, 0.25) is 0 Å². The molecule has 0 radical (unpaired) electrons. The van der Waals surface area contributed by atoms with Gasteiger partial charge in [-0.3, -0.25) is 23.2 Å². The van der Waals surface area contributed by atoms with Gasteiger partial charge >= 0.3 is 0 Å². The average molecular weight is 448 g/mol. The molecule has 3 N–H and O–H groups in total. The molecule has 0 aliphatic heterocycles. The fraction of sp³-hybridized carbons (Fsp3) is 0. The van der Waals surface area contributed by atoms with Crippen LogP contribution in [0.15, 0.2) is 45.0 Å². The number of carbonyl (C=O) groups excluding carboxylic acids is 2. The fourth-order valence-corrected chi connectivity index (χ4v) is 6.25. The van der Waals surface area contributed by atoms with E-state index in [9.17, 15) is 48.5 Å². The molecule has 1 aliphatic carbocycles. The Hall–Kier alpha value is -2.49. The van der Waals surface area contributed by atoms with Crippen LogP contribution in [-0.2, 0) is 30.4 Å². The Morgan fingerprint density at radius 1 is 0.607 bits per heavy atom. The molecule has 0 spiro atoms. The molecule has 0 atom stereocenters. The van der Waals surface area contributed by atoms with Crippen molar-refractivity contribution in [3.63, 3.8) is 0 Å². The molecule has 14 heteroatoms. The summed E-state index contributed by atoms with van der Waals surface area (Å²) in [5, 5.41) is 0. The van der Waals surface area contributed by atoms with Crippen molar-refractivity contribution in [2.45, 2.75) is 14.7 Å². The standard InChI is InChI=1S/C14H8O11S3/c15-11-6-3-1-2-4-7(6)12(16)10-8(11)5-9(26(17,18)19)13(27(20,21)22)14(10)28(23,24)25/h1-5H,(H,17,18,19)(H,20,21,22)(H,23,24,25). The molecule has 0 amide bonds. The van der Waals surface area contributed by atoms with E-state index in [1.54, 1.807) is 0 Å². The quantitative estimate of drug-likeness (QED) is 0.463. The third-order valence-corrected chi connectivity index (χ3v) is 6.88. The maximum atomic E-state index is 12.7. The summed E-state index contributed by atoms with van der Waals surface area (Å²) in [7, 11) is -16.9. The van der Waals surface area contributed by atoms with E-state index >= 15 is 0 Å². The van der Waals surface area contributed by atoms with Gasteiger partial charge in [0, 0.05) is 16.7 Å². The monoisotopic (exact) mass is 448 g/mol. The molecular formula is C14H8O11S3. The van der Waals surface area contributed by atoms with Gasteiger partial charge in [0.05, 0.1) is 5.56 Å². The molecule has 2 aromatic carbocycles. The molecule has 3 rings (SSSR count). The van der Waals surface area contributed by atoms with E-state index in [-0.39, 0.29) is 17.2 Å². The number of hydrogen-bond acceptors (Lipinski definition) is 8. The van der Waals surface area contributed by atoms with Crippen LogP contribution in [-0.4, -0.2) is 50.5 Å². The number of fused-ring (bicyclic) bond motifs is 2. The molecule has 0 saturated carbocycles. The van der Waals surface area contributed by atoms with Crippen molar-refractivity contribution in [3.05, 3.63) is 52.6 Å². The number of rotatable bonds is 3. The first-order chi connectivity index (χ1) is 12.7. The van der Waals surface area contributed by atoms with Gasteiger partial charge in [0.15, 0.2) is 11.6 Å². The number of benzene rings is 2. The summed E-state index contributed by atoms with van der Waals surface area (Å²) in [6, 6.07) is 5.22. The zero-order valence-corrected chi connectivity index (χ0v) is 15.7. The lowest BCUT2D eigenvalue weighted by Crippen LogP contribution is -2.27. The Balaban J connectivity index is 2.69. The molecule has 0 unspecified atom stereocenters. The highest BCUT2D eigenvalue weighted by atomic mass is 32.2. The lowest BCUT2D eigenvalue weighted by molar-refractivity contribution is 0.0975. The van der Waals surface area contributed by atoms with Gasteiger partial charge in [-0.05, 0) is 6.07 Å². The normalized spacial score (nSPS) is 14.5. The molecule has 0 bridgehead atoms. The number of hydrogen-bond donors (Lipinski definition) is 3. The predicted molar refractivity (Wildman–Crippen MR) is 89.2 cm³/mol. The van der Waals surface area contributed by atoms with E-state index in [0.29, 0.717) is 0 Å². The SMILES string of the molecule is O=C1c2ccccc2C(=O)c2c1cc(S(=O)(=O)O)c(S(=O)(=O)O)c2S(=O)(=O)O. The average Bonchev–Trinajstić information content (AvgIpc) is 2.55. The van der Waals surface area contributed by atoms with Crippen LogP contribution in [0.25, 0.3) is 0 Å². The molecular weight excluding hydrogens is 440 g/mol.